The molecule has 4 nitrogen and oxygen atoms in total. The zero-order valence-electron chi connectivity index (χ0n) is 12.7. The summed E-state index contributed by atoms with van der Waals surface area (Å²) in [5.74, 6) is 0.0393. The predicted molar refractivity (Wildman–Crippen MR) is 99.0 cm³/mol. The highest BCUT2D eigenvalue weighted by atomic mass is 35.5. The Balaban J connectivity index is 0.00000132. The standard InChI is InChI=1S/C16H19N3OS.2ClH/c17-13-6-8-19(9-7-13)16(20)14-11-21-15(18-14)10-12-4-2-1-3-5-12;;/h1-5,11,13H,6-10,17H2;2*1H. The average Bonchev–Trinajstić information content (AvgIpc) is 2.97. The molecule has 2 aromatic rings. The van der Waals surface area contributed by atoms with Crippen LogP contribution >= 0.6 is 36.2 Å². The minimum absolute atomic E-state index is 0. The molecule has 0 saturated carbocycles. The van der Waals surface area contributed by atoms with E-state index in [4.69, 9.17) is 5.73 Å². The van der Waals surface area contributed by atoms with E-state index in [1.807, 2.05) is 28.5 Å². The molecule has 0 aliphatic carbocycles. The molecule has 0 unspecified atom stereocenters. The van der Waals surface area contributed by atoms with Gasteiger partial charge in [0.15, 0.2) is 0 Å². The Hall–Kier alpha value is -1.14. The largest absolute Gasteiger partial charge is 0.337 e. The highest BCUT2D eigenvalue weighted by molar-refractivity contribution is 7.09. The number of likely N-dealkylation sites (tertiary alicyclic amines) is 1. The fourth-order valence-corrected chi connectivity index (χ4v) is 3.33. The normalized spacial score (nSPS) is 14.7. The molecule has 1 saturated heterocycles. The Bertz CT molecular complexity index is 613. The van der Waals surface area contributed by atoms with Crippen LogP contribution in [0.25, 0.3) is 0 Å². The first kappa shape index (κ1) is 19.9. The second kappa shape index (κ2) is 9.23. The van der Waals surface area contributed by atoms with E-state index in [1.165, 1.54) is 5.56 Å². The fourth-order valence-electron chi connectivity index (χ4n) is 2.53. The second-order valence-corrected chi connectivity index (χ2v) is 6.36. The van der Waals surface area contributed by atoms with Gasteiger partial charge in [-0.1, -0.05) is 30.3 Å². The van der Waals surface area contributed by atoms with Crippen molar-refractivity contribution in [1.82, 2.24) is 9.88 Å². The Morgan fingerprint density at radius 1 is 1.22 bits per heavy atom. The molecule has 2 heterocycles. The van der Waals surface area contributed by atoms with Gasteiger partial charge < -0.3 is 10.6 Å². The van der Waals surface area contributed by atoms with Gasteiger partial charge >= 0.3 is 0 Å². The monoisotopic (exact) mass is 373 g/mol. The van der Waals surface area contributed by atoms with Crippen LogP contribution in [0.5, 0.6) is 0 Å². The van der Waals surface area contributed by atoms with Crippen LogP contribution in [-0.4, -0.2) is 34.9 Å². The number of rotatable bonds is 3. The van der Waals surface area contributed by atoms with E-state index < -0.39 is 0 Å². The van der Waals surface area contributed by atoms with Gasteiger partial charge in [-0.2, -0.15) is 0 Å². The van der Waals surface area contributed by atoms with Crippen LogP contribution in [0.1, 0.15) is 33.9 Å². The summed E-state index contributed by atoms with van der Waals surface area (Å²) in [6, 6.07) is 10.4. The van der Waals surface area contributed by atoms with Gasteiger partial charge in [-0.05, 0) is 18.4 Å². The van der Waals surface area contributed by atoms with Gasteiger partial charge in [0.05, 0.1) is 5.01 Å². The van der Waals surface area contributed by atoms with E-state index >= 15 is 0 Å². The molecule has 1 amide bonds. The molecule has 1 aliphatic rings. The lowest BCUT2D eigenvalue weighted by atomic mass is 10.1. The molecule has 0 spiro atoms. The summed E-state index contributed by atoms with van der Waals surface area (Å²) in [7, 11) is 0. The number of piperidine rings is 1. The van der Waals surface area contributed by atoms with Crippen molar-refractivity contribution >= 4 is 42.1 Å². The molecule has 23 heavy (non-hydrogen) atoms. The number of halogens is 2. The van der Waals surface area contributed by atoms with Crippen LogP contribution < -0.4 is 5.73 Å². The maximum Gasteiger partial charge on any atom is 0.273 e. The number of thiazole rings is 1. The molecule has 2 N–H and O–H groups in total. The van der Waals surface area contributed by atoms with E-state index in [-0.39, 0.29) is 36.8 Å². The highest BCUT2D eigenvalue weighted by Gasteiger charge is 2.23. The lowest BCUT2D eigenvalue weighted by Crippen LogP contribution is -2.42. The maximum absolute atomic E-state index is 12.4. The summed E-state index contributed by atoms with van der Waals surface area (Å²) >= 11 is 1.55. The van der Waals surface area contributed by atoms with Crippen molar-refractivity contribution in [3.63, 3.8) is 0 Å². The van der Waals surface area contributed by atoms with E-state index in [1.54, 1.807) is 11.3 Å². The fraction of sp³-hybridized carbons (Fsp3) is 0.375. The van der Waals surface area contributed by atoms with Crippen LogP contribution in [0.2, 0.25) is 0 Å². The number of amides is 1. The van der Waals surface area contributed by atoms with Gasteiger partial charge in [0, 0.05) is 30.9 Å². The molecule has 0 bridgehead atoms. The molecule has 0 atom stereocenters. The van der Waals surface area contributed by atoms with Crippen LogP contribution in [0, 0.1) is 0 Å². The predicted octanol–water partition coefficient (Wildman–Crippen LogP) is 3.14. The first-order chi connectivity index (χ1) is 10.2. The van der Waals surface area contributed by atoms with Crippen molar-refractivity contribution in [2.24, 2.45) is 5.73 Å². The molecular formula is C16H21Cl2N3OS. The van der Waals surface area contributed by atoms with E-state index in [0.717, 1.165) is 37.4 Å². The Kier molecular flexibility index (Phi) is 7.99. The molecule has 1 fully saturated rings. The summed E-state index contributed by atoms with van der Waals surface area (Å²) in [6.07, 6.45) is 2.54. The van der Waals surface area contributed by atoms with Crippen LogP contribution in [-0.2, 0) is 6.42 Å². The van der Waals surface area contributed by atoms with Crippen molar-refractivity contribution in [3.05, 3.63) is 52.0 Å². The van der Waals surface area contributed by atoms with Gasteiger partial charge in [0.1, 0.15) is 5.69 Å². The van der Waals surface area contributed by atoms with Gasteiger partial charge in [-0.3, -0.25) is 4.79 Å². The summed E-state index contributed by atoms with van der Waals surface area (Å²) in [6.45, 7) is 1.48. The number of carbonyl (C=O) groups excluding carboxylic acids is 1. The number of benzene rings is 1. The summed E-state index contributed by atoms with van der Waals surface area (Å²) in [5, 5.41) is 2.85. The minimum Gasteiger partial charge on any atom is -0.337 e. The van der Waals surface area contributed by atoms with E-state index in [0.29, 0.717) is 5.69 Å². The third-order valence-electron chi connectivity index (χ3n) is 3.80. The third-order valence-corrected chi connectivity index (χ3v) is 4.64. The summed E-state index contributed by atoms with van der Waals surface area (Å²) in [4.78, 5) is 18.8. The van der Waals surface area contributed by atoms with Gasteiger partial charge in [0.2, 0.25) is 0 Å². The van der Waals surface area contributed by atoms with Crippen molar-refractivity contribution in [2.45, 2.75) is 25.3 Å². The molecule has 126 valence electrons. The quantitative estimate of drug-likeness (QED) is 0.898. The van der Waals surface area contributed by atoms with Gasteiger partial charge in [-0.15, -0.1) is 36.2 Å². The minimum atomic E-state index is 0. The molecule has 0 radical (unpaired) electrons. The molecule has 1 aliphatic heterocycles. The van der Waals surface area contributed by atoms with Crippen molar-refractivity contribution in [1.29, 1.82) is 0 Å². The topological polar surface area (TPSA) is 59.2 Å². The second-order valence-electron chi connectivity index (χ2n) is 5.42. The Morgan fingerprint density at radius 2 is 1.87 bits per heavy atom. The summed E-state index contributed by atoms with van der Waals surface area (Å²) < 4.78 is 0. The first-order valence-electron chi connectivity index (χ1n) is 7.25. The zero-order chi connectivity index (χ0) is 14.7. The van der Waals surface area contributed by atoms with Crippen LogP contribution in [0.15, 0.2) is 35.7 Å². The number of nitrogens with zero attached hydrogens (tertiary/aromatic N) is 2. The third kappa shape index (κ3) is 5.18. The smallest absolute Gasteiger partial charge is 0.273 e. The lowest BCUT2D eigenvalue weighted by molar-refractivity contribution is 0.0709. The van der Waals surface area contributed by atoms with Crippen LogP contribution in [0.3, 0.4) is 0 Å². The van der Waals surface area contributed by atoms with Gasteiger partial charge in [-0.25, -0.2) is 4.98 Å². The van der Waals surface area contributed by atoms with Crippen molar-refractivity contribution in [2.75, 3.05) is 13.1 Å². The zero-order valence-corrected chi connectivity index (χ0v) is 15.1. The van der Waals surface area contributed by atoms with E-state index in [9.17, 15) is 4.79 Å². The number of hydrogen-bond donors (Lipinski definition) is 1. The van der Waals surface area contributed by atoms with E-state index in [2.05, 4.69) is 17.1 Å². The SMILES string of the molecule is Cl.Cl.NC1CCN(C(=O)c2csc(Cc3ccccc3)n2)CC1. The molecule has 3 rings (SSSR count). The molecule has 1 aromatic heterocycles. The molecule has 1 aromatic carbocycles. The maximum atomic E-state index is 12.4. The Labute approximate surface area is 152 Å². The average molecular weight is 374 g/mol. The lowest BCUT2D eigenvalue weighted by Gasteiger charge is -2.29. The number of hydrogen-bond acceptors (Lipinski definition) is 4. The Morgan fingerprint density at radius 3 is 2.52 bits per heavy atom. The van der Waals surface area contributed by atoms with Crippen LogP contribution in [0.4, 0.5) is 0 Å². The number of nitrogens with two attached hydrogens (primary N) is 1. The summed E-state index contributed by atoms with van der Waals surface area (Å²) in [5.41, 5.74) is 7.66. The molecular weight excluding hydrogens is 353 g/mol. The van der Waals surface area contributed by atoms with Gasteiger partial charge in [0.25, 0.3) is 5.91 Å². The highest BCUT2D eigenvalue weighted by Crippen LogP contribution is 2.18. The first-order valence-corrected chi connectivity index (χ1v) is 8.13. The molecule has 7 heteroatoms. The number of carbonyl (C=O) groups is 1. The van der Waals surface area contributed by atoms with Crippen molar-refractivity contribution in [3.8, 4) is 0 Å². The van der Waals surface area contributed by atoms with Crippen molar-refractivity contribution < 1.29 is 4.79 Å². The number of aromatic nitrogens is 1.